The second kappa shape index (κ2) is 6.13. The Labute approximate surface area is 129 Å². The van der Waals surface area contributed by atoms with E-state index in [-0.39, 0.29) is 10.6 Å². The first-order chi connectivity index (χ1) is 9.36. The van der Waals surface area contributed by atoms with Crippen LogP contribution >= 0.6 is 27.7 Å². The van der Waals surface area contributed by atoms with Crippen molar-refractivity contribution in [2.24, 2.45) is 0 Å². The molecule has 0 spiro atoms. The Kier molecular flexibility index (Phi) is 4.89. The minimum Gasteiger partial charge on any atom is -0.368 e. The summed E-state index contributed by atoms with van der Waals surface area (Å²) in [5, 5.41) is 2.91. The molecule has 112 valence electrons. The van der Waals surface area contributed by atoms with Gasteiger partial charge in [0.1, 0.15) is 5.82 Å². The number of pyridine rings is 1. The molecule has 2 nitrogen and oxygen atoms in total. The van der Waals surface area contributed by atoms with Crippen molar-refractivity contribution in [2.75, 3.05) is 18.1 Å². The van der Waals surface area contributed by atoms with Crippen molar-refractivity contribution in [3.8, 4) is 0 Å². The van der Waals surface area contributed by atoms with Crippen molar-refractivity contribution < 1.29 is 13.2 Å². The maximum atomic E-state index is 13.0. The fraction of sp³-hybridized carbons (Fsp3) is 0.615. The van der Waals surface area contributed by atoms with Gasteiger partial charge in [0, 0.05) is 22.0 Å². The minimum absolute atomic E-state index is 0.0393. The van der Waals surface area contributed by atoms with Crippen LogP contribution in [-0.2, 0) is 6.18 Å². The first-order valence-corrected chi connectivity index (χ1v) is 8.40. The van der Waals surface area contributed by atoms with E-state index in [2.05, 4.69) is 26.2 Å². The molecule has 1 N–H and O–H groups in total. The van der Waals surface area contributed by atoms with Gasteiger partial charge in [-0.3, -0.25) is 0 Å². The zero-order chi connectivity index (χ0) is 14.8. The number of nitrogens with zero attached hydrogens (tertiary/aromatic N) is 1. The molecular weight excluding hydrogens is 353 g/mol. The molecule has 0 amide bonds. The molecule has 2 rings (SSSR count). The summed E-state index contributed by atoms with van der Waals surface area (Å²) in [7, 11) is 0. The van der Waals surface area contributed by atoms with Gasteiger partial charge in [-0.25, -0.2) is 4.98 Å². The predicted molar refractivity (Wildman–Crippen MR) is 80.1 cm³/mol. The van der Waals surface area contributed by atoms with Gasteiger partial charge in [0.15, 0.2) is 0 Å². The molecule has 20 heavy (non-hydrogen) atoms. The predicted octanol–water partition coefficient (Wildman–Crippen LogP) is 4.95. The van der Waals surface area contributed by atoms with Crippen LogP contribution in [0.3, 0.4) is 0 Å². The van der Waals surface area contributed by atoms with Crippen LogP contribution in [0.2, 0.25) is 0 Å². The van der Waals surface area contributed by atoms with Crippen molar-refractivity contribution in [3.05, 3.63) is 22.3 Å². The first-order valence-electron chi connectivity index (χ1n) is 6.38. The van der Waals surface area contributed by atoms with Crippen LogP contribution in [0.1, 0.15) is 31.2 Å². The largest absolute Gasteiger partial charge is 0.419 e. The molecule has 1 aliphatic carbocycles. The van der Waals surface area contributed by atoms with Gasteiger partial charge in [0.05, 0.1) is 5.56 Å². The van der Waals surface area contributed by atoms with Crippen LogP contribution in [0, 0.1) is 0 Å². The topological polar surface area (TPSA) is 24.9 Å². The molecule has 1 heterocycles. The van der Waals surface area contributed by atoms with Gasteiger partial charge in [-0.15, -0.1) is 0 Å². The molecule has 0 aromatic carbocycles. The van der Waals surface area contributed by atoms with E-state index in [0.29, 0.717) is 11.0 Å². The van der Waals surface area contributed by atoms with Crippen molar-refractivity contribution in [1.29, 1.82) is 0 Å². The number of hydrogen-bond donors (Lipinski definition) is 1. The Morgan fingerprint density at radius 3 is 2.60 bits per heavy atom. The lowest BCUT2D eigenvalue weighted by Gasteiger charge is -2.27. The van der Waals surface area contributed by atoms with Crippen molar-refractivity contribution in [2.45, 2.75) is 36.6 Å². The summed E-state index contributed by atoms with van der Waals surface area (Å²) in [4.78, 5) is 3.88. The van der Waals surface area contributed by atoms with Crippen molar-refractivity contribution >= 4 is 33.5 Å². The number of alkyl halides is 3. The Morgan fingerprint density at radius 2 is 2.05 bits per heavy atom. The quantitative estimate of drug-likeness (QED) is 0.813. The Bertz CT molecular complexity index is 473. The van der Waals surface area contributed by atoms with E-state index in [1.54, 1.807) is 11.8 Å². The molecule has 1 aliphatic rings. The normalized spacial score (nSPS) is 18.2. The number of thioether (sulfide) groups is 1. The number of aromatic nitrogens is 1. The average Bonchev–Trinajstić information content (AvgIpc) is 2.86. The smallest absolute Gasteiger partial charge is 0.368 e. The third-order valence-electron chi connectivity index (χ3n) is 3.69. The monoisotopic (exact) mass is 368 g/mol. The first kappa shape index (κ1) is 15.9. The second-order valence-corrected chi connectivity index (χ2v) is 7.19. The van der Waals surface area contributed by atoms with Gasteiger partial charge in [0.2, 0.25) is 0 Å². The summed E-state index contributed by atoms with van der Waals surface area (Å²) in [6, 6.07) is 1.07. The van der Waals surface area contributed by atoms with Crippen LogP contribution in [0.4, 0.5) is 19.0 Å². The number of hydrogen-bond acceptors (Lipinski definition) is 3. The van der Waals surface area contributed by atoms with Crippen molar-refractivity contribution in [3.63, 3.8) is 0 Å². The molecule has 1 fully saturated rings. The molecule has 0 saturated heterocycles. The van der Waals surface area contributed by atoms with E-state index in [1.165, 1.54) is 6.20 Å². The van der Waals surface area contributed by atoms with Gasteiger partial charge in [0.25, 0.3) is 0 Å². The highest BCUT2D eigenvalue weighted by atomic mass is 79.9. The summed E-state index contributed by atoms with van der Waals surface area (Å²) in [5.74, 6) is -0.0824. The molecule has 7 heteroatoms. The molecule has 1 saturated carbocycles. The fourth-order valence-electron chi connectivity index (χ4n) is 2.51. The molecule has 0 atom stereocenters. The highest BCUT2D eigenvalue weighted by Gasteiger charge is 2.37. The van der Waals surface area contributed by atoms with Gasteiger partial charge in [-0.05, 0) is 41.1 Å². The van der Waals surface area contributed by atoms with Crippen LogP contribution in [0.25, 0.3) is 0 Å². The lowest BCUT2D eigenvalue weighted by atomic mass is 10.1. The van der Waals surface area contributed by atoms with Crippen LogP contribution in [-0.4, -0.2) is 22.5 Å². The number of halogens is 4. The Hall–Kier alpha value is -0.430. The zero-order valence-electron chi connectivity index (χ0n) is 11.1. The zero-order valence-corrected chi connectivity index (χ0v) is 13.5. The third-order valence-corrected chi connectivity index (χ3v) is 5.54. The van der Waals surface area contributed by atoms with Crippen LogP contribution in [0.5, 0.6) is 0 Å². The number of nitrogens with one attached hydrogen (secondary N) is 1. The molecule has 0 unspecified atom stereocenters. The van der Waals surface area contributed by atoms with Gasteiger partial charge in [-0.1, -0.05) is 12.8 Å². The summed E-state index contributed by atoms with van der Waals surface area (Å²) in [6.45, 7) is 0.520. The van der Waals surface area contributed by atoms with Crippen LogP contribution in [0.15, 0.2) is 16.7 Å². The number of rotatable bonds is 4. The Balaban J connectivity index is 2.17. The maximum absolute atomic E-state index is 13.0. The fourth-order valence-corrected chi connectivity index (χ4v) is 3.76. The second-order valence-electron chi connectivity index (χ2n) is 5.00. The molecule has 1 aromatic rings. The highest BCUT2D eigenvalue weighted by molar-refractivity contribution is 9.10. The minimum atomic E-state index is -4.40. The standard InChI is InChI=1S/C13H16BrF3N2S/c1-20-12(4-2-3-5-12)8-19-11-10(13(15,16)17)6-9(14)7-18-11/h6-7H,2-5,8H2,1H3,(H,18,19). The summed E-state index contributed by atoms with van der Waals surface area (Å²) in [5.41, 5.74) is -0.721. The third kappa shape index (κ3) is 3.61. The van der Waals surface area contributed by atoms with E-state index in [0.717, 1.165) is 31.7 Å². The molecule has 1 aromatic heterocycles. The lowest BCUT2D eigenvalue weighted by molar-refractivity contribution is -0.137. The average molecular weight is 369 g/mol. The van der Waals surface area contributed by atoms with E-state index in [9.17, 15) is 13.2 Å². The SMILES string of the molecule is CSC1(CNc2ncc(Br)cc2C(F)(F)F)CCCC1. The van der Waals surface area contributed by atoms with E-state index < -0.39 is 11.7 Å². The summed E-state index contributed by atoms with van der Waals surface area (Å²) >= 11 is 4.77. The maximum Gasteiger partial charge on any atom is 0.419 e. The highest BCUT2D eigenvalue weighted by Crippen LogP contribution is 2.41. The molecule has 0 bridgehead atoms. The summed E-state index contributed by atoms with van der Waals surface area (Å²) in [6.07, 6.45) is 3.37. The van der Waals surface area contributed by atoms with E-state index in [1.807, 2.05) is 6.26 Å². The van der Waals surface area contributed by atoms with Gasteiger partial charge in [-0.2, -0.15) is 24.9 Å². The van der Waals surface area contributed by atoms with Crippen molar-refractivity contribution in [1.82, 2.24) is 4.98 Å². The van der Waals surface area contributed by atoms with Gasteiger partial charge < -0.3 is 5.32 Å². The summed E-state index contributed by atoms with van der Waals surface area (Å²) < 4.78 is 39.4. The number of anilines is 1. The van der Waals surface area contributed by atoms with Gasteiger partial charge >= 0.3 is 6.18 Å². The van der Waals surface area contributed by atoms with E-state index in [4.69, 9.17) is 0 Å². The molecule has 0 radical (unpaired) electrons. The van der Waals surface area contributed by atoms with Crippen LogP contribution < -0.4 is 5.32 Å². The lowest BCUT2D eigenvalue weighted by Crippen LogP contribution is -2.31. The molecular formula is C13H16BrF3N2S. The Morgan fingerprint density at radius 1 is 1.40 bits per heavy atom. The molecule has 0 aliphatic heterocycles. The van der Waals surface area contributed by atoms with E-state index >= 15 is 0 Å².